The zero-order valence-electron chi connectivity index (χ0n) is 15.6. The summed E-state index contributed by atoms with van der Waals surface area (Å²) in [7, 11) is 1.64. The summed E-state index contributed by atoms with van der Waals surface area (Å²) in [5, 5.41) is 3.03. The Hall–Kier alpha value is -2.14. The highest BCUT2D eigenvalue weighted by molar-refractivity contribution is 8.00. The number of carbonyl (C=O) groups excluding carboxylic acids is 1. The van der Waals surface area contributed by atoms with E-state index in [9.17, 15) is 4.79 Å². The Bertz CT molecular complexity index is 776. The van der Waals surface area contributed by atoms with Crippen LogP contribution in [0, 0.1) is 0 Å². The first-order valence-corrected chi connectivity index (χ1v) is 9.65. The van der Waals surface area contributed by atoms with Crippen molar-refractivity contribution in [3.05, 3.63) is 54.1 Å². The second-order valence-electron chi connectivity index (χ2n) is 7.10. The zero-order chi connectivity index (χ0) is 18.7. The molecule has 26 heavy (non-hydrogen) atoms. The maximum absolute atomic E-state index is 12.8. The molecule has 0 fully saturated rings. The number of hydrogen-bond donors (Lipinski definition) is 1. The molecule has 2 aromatic carbocycles. The molecule has 2 atom stereocenters. The van der Waals surface area contributed by atoms with Gasteiger partial charge in [0.1, 0.15) is 17.1 Å². The standard InChI is InChI=1S/C21H25NO3S/c1-14(26-16-8-6-5-7-9-16)20(23)22-18-13-21(2,3)25-19-12-15(24-4)10-11-17(18)19/h5-12,14,18H,13H2,1-4H3,(H,22,23)/t14-,18+/m1/s1. The van der Waals surface area contributed by atoms with Crippen molar-refractivity contribution in [1.29, 1.82) is 0 Å². The summed E-state index contributed by atoms with van der Waals surface area (Å²) in [6.45, 7) is 6.01. The van der Waals surface area contributed by atoms with Crippen molar-refractivity contribution in [2.45, 2.75) is 49.0 Å². The summed E-state index contributed by atoms with van der Waals surface area (Å²) in [6.07, 6.45) is 0.723. The van der Waals surface area contributed by atoms with Gasteiger partial charge in [-0.25, -0.2) is 0 Å². The van der Waals surface area contributed by atoms with Crippen molar-refractivity contribution in [2.24, 2.45) is 0 Å². The molecule has 138 valence electrons. The van der Waals surface area contributed by atoms with Crippen LogP contribution in [0.4, 0.5) is 0 Å². The lowest BCUT2D eigenvalue weighted by Gasteiger charge is -2.38. The van der Waals surface area contributed by atoms with Crippen LogP contribution in [0.2, 0.25) is 0 Å². The Kier molecular flexibility index (Phi) is 5.47. The fourth-order valence-electron chi connectivity index (χ4n) is 3.13. The molecule has 1 aliphatic heterocycles. The third-order valence-electron chi connectivity index (χ3n) is 4.42. The smallest absolute Gasteiger partial charge is 0.233 e. The number of fused-ring (bicyclic) bond motifs is 1. The SMILES string of the molecule is COc1ccc2c(c1)OC(C)(C)C[C@@H]2NC(=O)[C@@H](C)Sc1ccccc1. The van der Waals surface area contributed by atoms with Gasteiger partial charge >= 0.3 is 0 Å². The van der Waals surface area contributed by atoms with E-state index in [2.05, 4.69) is 5.32 Å². The number of amides is 1. The van der Waals surface area contributed by atoms with Gasteiger partial charge in [-0.2, -0.15) is 0 Å². The molecule has 0 aromatic heterocycles. The van der Waals surface area contributed by atoms with Crippen LogP contribution in [0.1, 0.15) is 38.8 Å². The van der Waals surface area contributed by atoms with Crippen LogP contribution in [0.25, 0.3) is 0 Å². The molecule has 1 amide bonds. The van der Waals surface area contributed by atoms with Crippen molar-refractivity contribution in [3.8, 4) is 11.5 Å². The van der Waals surface area contributed by atoms with Crippen LogP contribution < -0.4 is 14.8 Å². The van der Waals surface area contributed by atoms with E-state index < -0.39 is 0 Å². The highest BCUT2D eigenvalue weighted by Crippen LogP contribution is 2.41. The average molecular weight is 372 g/mol. The van der Waals surface area contributed by atoms with Crippen molar-refractivity contribution >= 4 is 17.7 Å². The predicted molar refractivity (Wildman–Crippen MR) is 105 cm³/mol. The lowest BCUT2D eigenvalue weighted by atomic mass is 9.89. The second-order valence-corrected chi connectivity index (χ2v) is 8.52. The summed E-state index contributed by atoms with van der Waals surface area (Å²) in [6, 6.07) is 15.7. The normalized spacial score (nSPS) is 19.0. The van der Waals surface area contributed by atoms with Crippen LogP contribution in [0.3, 0.4) is 0 Å². The van der Waals surface area contributed by atoms with Gasteiger partial charge in [0.05, 0.1) is 18.4 Å². The van der Waals surface area contributed by atoms with Gasteiger partial charge in [-0.1, -0.05) is 18.2 Å². The summed E-state index contributed by atoms with van der Waals surface area (Å²) in [5.41, 5.74) is 0.642. The molecule has 0 saturated carbocycles. The third-order valence-corrected chi connectivity index (χ3v) is 5.53. The van der Waals surface area contributed by atoms with Crippen molar-refractivity contribution in [2.75, 3.05) is 7.11 Å². The zero-order valence-corrected chi connectivity index (χ0v) is 16.4. The van der Waals surface area contributed by atoms with Crippen molar-refractivity contribution in [1.82, 2.24) is 5.32 Å². The minimum atomic E-state index is -0.354. The van der Waals surface area contributed by atoms with E-state index in [1.54, 1.807) is 18.9 Å². The van der Waals surface area contributed by atoms with Crippen molar-refractivity contribution < 1.29 is 14.3 Å². The average Bonchev–Trinajstić information content (AvgIpc) is 2.61. The lowest BCUT2D eigenvalue weighted by Crippen LogP contribution is -2.43. The predicted octanol–water partition coefficient (Wildman–Crippen LogP) is 4.59. The molecule has 0 aliphatic carbocycles. The van der Waals surface area contributed by atoms with Crippen LogP contribution >= 0.6 is 11.8 Å². The van der Waals surface area contributed by atoms with Crippen LogP contribution in [-0.4, -0.2) is 23.9 Å². The van der Waals surface area contributed by atoms with Gasteiger partial charge in [0, 0.05) is 22.9 Å². The molecule has 3 rings (SSSR count). The highest BCUT2D eigenvalue weighted by Gasteiger charge is 2.35. The molecule has 1 N–H and O–H groups in total. The van der Waals surface area contributed by atoms with Gasteiger partial charge < -0.3 is 14.8 Å². The Labute approximate surface area is 159 Å². The largest absolute Gasteiger partial charge is 0.497 e. The van der Waals surface area contributed by atoms with E-state index in [4.69, 9.17) is 9.47 Å². The van der Waals surface area contributed by atoms with E-state index >= 15 is 0 Å². The number of hydrogen-bond acceptors (Lipinski definition) is 4. The molecule has 4 nitrogen and oxygen atoms in total. The molecule has 0 unspecified atom stereocenters. The molecule has 0 bridgehead atoms. The third kappa shape index (κ3) is 4.33. The Morgan fingerprint density at radius 3 is 2.69 bits per heavy atom. The highest BCUT2D eigenvalue weighted by atomic mass is 32.2. The van der Waals surface area contributed by atoms with E-state index in [1.165, 1.54) is 0 Å². The Morgan fingerprint density at radius 2 is 2.00 bits per heavy atom. The minimum Gasteiger partial charge on any atom is -0.497 e. The molecule has 1 heterocycles. The van der Waals surface area contributed by atoms with Crippen LogP contribution in [-0.2, 0) is 4.79 Å². The van der Waals surface area contributed by atoms with Crippen molar-refractivity contribution in [3.63, 3.8) is 0 Å². The fraction of sp³-hybridized carbons (Fsp3) is 0.381. The summed E-state index contributed by atoms with van der Waals surface area (Å²) < 4.78 is 11.4. The Morgan fingerprint density at radius 1 is 1.27 bits per heavy atom. The van der Waals surface area contributed by atoms with E-state index in [0.717, 1.165) is 28.4 Å². The Balaban J connectivity index is 1.75. The number of carbonyl (C=O) groups is 1. The molecule has 5 heteroatoms. The molecule has 1 aliphatic rings. The van der Waals surface area contributed by atoms with Crippen LogP contribution in [0.15, 0.2) is 53.4 Å². The summed E-state index contributed by atoms with van der Waals surface area (Å²) in [5.74, 6) is 1.55. The van der Waals surface area contributed by atoms with E-state index in [-0.39, 0.29) is 22.8 Å². The van der Waals surface area contributed by atoms with Gasteiger partial charge in [0.15, 0.2) is 0 Å². The van der Waals surface area contributed by atoms with Gasteiger partial charge in [0.25, 0.3) is 0 Å². The first kappa shape index (κ1) is 18.6. The molecular formula is C21H25NO3S. The number of ether oxygens (including phenoxy) is 2. The number of methoxy groups -OCH3 is 1. The maximum Gasteiger partial charge on any atom is 0.233 e. The lowest BCUT2D eigenvalue weighted by molar-refractivity contribution is -0.121. The van der Waals surface area contributed by atoms with Gasteiger partial charge in [0.2, 0.25) is 5.91 Å². The first-order chi connectivity index (χ1) is 12.4. The molecule has 0 spiro atoms. The molecule has 2 aromatic rings. The van der Waals surface area contributed by atoms with Gasteiger partial charge in [-0.15, -0.1) is 11.8 Å². The molecular weight excluding hydrogens is 346 g/mol. The van der Waals surface area contributed by atoms with Crippen LogP contribution in [0.5, 0.6) is 11.5 Å². The first-order valence-electron chi connectivity index (χ1n) is 8.77. The topological polar surface area (TPSA) is 47.6 Å². The summed E-state index contributed by atoms with van der Waals surface area (Å²) in [4.78, 5) is 13.9. The minimum absolute atomic E-state index is 0.0309. The number of benzene rings is 2. The van der Waals surface area contributed by atoms with Gasteiger partial charge in [-0.05, 0) is 45.0 Å². The second kappa shape index (κ2) is 7.62. The monoisotopic (exact) mass is 371 g/mol. The van der Waals surface area contributed by atoms with E-state index in [1.807, 2.05) is 69.3 Å². The number of thioether (sulfide) groups is 1. The molecule has 0 saturated heterocycles. The number of rotatable bonds is 5. The molecule has 0 radical (unpaired) electrons. The van der Waals surface area contributed by atoms with E-state index in [0.29, 0.717) is 0 Å². The van der Waals surface area contributed by atoms with Gasteiger partial charge in [-0.3, -0.25) is 4.79 Å². The quantitative estimate of drug-likeness (QED) is 0.781. The fourth-order valence-corrected chi connectivity index (χ4v) is 4.03. The maximum atomic E-state index is 12.8. The number of nitrogens with one attached hydrogen (secondary N) is 1. The summed E-state index contributed by atoms with van der Waals surface area (Å²) >= 11 is 1.56.